The van der Waals surface area contributed by atoms with Gasteiger partial charge in [0.15, 0.2) is 15.0 Å². The Morgan fingerprint density at radius 1 is 1.36 bits per heavy atom. The van der Waals surface area contributed by atoms with Crippen LogP contribution in [0.5, 0.6) is 0 Å². The first-order valence-electron chi connectivity index (χ1n) is 6.49. The SMILES string of the molecule is O=C(CCl)N=C1SC2CS(=O)(=O)CC2N1c1ccccc1Cl. The van der Waals surface area contributed by atoms with Crippen molar-refractivity contribution >= 4 is 61.6 Å². The second-order valence-electron chi connectivity index (χ2n) is 5.04. The molecule has 0 bridgehead atoms. The van der Waals surface area contributed by atoms with Crippen molar-refractivity contribution in [2.75, 3.05) is 22.3 Å². The molecule has 2 saturated heterocycles. The minimum Gasteiger partial charge on any atom is -0.314 e. The van der Waals surface area contributed by atoms with Gasteiger partial charge in [-0.3, -0.25) is 4.79 Å². The molecule has 0 aliphatic carbocycles. The Balaban J connectivity index is 2.05. The number of thioether (sulfide) groups is 1. The second kappa shape index (κ2) is 6.03. The number of carbonyl (C=O) groups is 1. The summed E-state index contributed by atoms with van der Waals surface area (Å²) in [6, 6.07) is 6.84. The first kappa shape index (κ1) is 16.1. The van der Waals surface area contributed by atoms with Crippen molar-refractivity contribution in [1.29, 1.82) is 0 Å². The number of amidine groups is 1. The summed E-state index contributed by atoms with van der Waals surface area (Å²) in [5.41, 5.74) is 0.655. The molecule has 1 aromatic rings. The molecule has 2 aliphatic heterocycles. The molecule has 118 valence electrons. The highest BCUT2D eigenvalue weighted by molar-refractivity contribution is 8.16. The monoisotopic (exact) mass is 378 g/mol. The minimum absolute atomic E-state index is 0.0317. The van der Waals surface area contributed by atoms with E-state index in [1.807, 2.05) is 6.07 Å². The van der Waals surface area contributed by atoms with E-state index in [0.29, 0.717) is 15.9 Å². The van der Waals surface area contributed by atoms with Crippen molar-refractivity contribution in [2.45, 2.75) is 11.3 Å². The number of hydrogen-bond acceptors (Lipinski definition) is 4. The van der Waals surface area contributed by atoms with Crippen molar-refractivity contribution in [3.8, 4) is 0 Å². The van der Waals surface area contributed by atoms with E-state index in [9.17, 15) is 13.2 Å². The fraction of sp³-hybridized carbons (Fsp3) is 0.385. The molecular weight excluding hydrogens is 367 g/mol. The summed E-state index contributed by atoms with van der Waals surface area (Å²) < 4.78 is 23.8. The van der Waals surface area contributed by atoms with Gasteiger partial charge in [-0.1, -0.05) is 35.5 Å². The van der Waals surface area contributed by atoms with Crippen LogP contribution in [0.4, 0.5) is 5.69 Å². The van der Waals surface area contributed by atoms with Crippen LogP contribution in [-0.2, 0) is 14.6 Å². The van der Waals surface area contributed by atoms with Gasteiger partial charge in [0, 0.05) is 5.25 Å². The molecule has 9 heteroatoms. The molecule has 0 radical (unpaired) electrons. The zero-order valence-electron chi connectivity index (χ0n) is 11.3. The van der Waals surface area contributed by atoms with Crippen molar-refractivity contribution < 1.29 is 13.2 Å². The number of para-hydroxylation sites is 1. The number of aliphatic imine (C=N–C) groups is 1. The molecule has 2 atom stereocenters. The zero-order chi connectivity index (χ0) is 15.9. The van der Waals surface area contributed by atoms with E-state index >= 15 is 0 Å². The van der Waals surface area contributed by atoms with Gasteiger partial charge in [0.25, 0.3) is 5.91 Å². The summed E-state index contributed by atoms with van der Waals surface area (Å²) in [6.07, 6.45) is 0. The van der Waals surface area contributed by atoms with E-state index < -0.39 is 15.7 Å². The Kier molecular flexibility index (Phi) is 4.42. The number of fused-ring (bicyclic) bond motifs is 1. The molecule has 2 fully saturated rings. The number of hydrogen-bond donors (Lipinski definition) is 0. The zero-order valence-corrected chi connectivity index (χ0v) is 14.4. The van der Waals surface area contributed by atoms with Crippen molar-refractivity contribution in [3.63, 3.8) is 0 Å². The van der Waals surface area contributed by atoms with Gasteiger partial charge in [-0.15, -0.1) is 11.6 Å². The Morgan fingerprint density at radius 3 is 2.77 bits per heavy atom. The molecule has 1 aromatic carbocycles. The van der Waals surface area contributed by atoms with Crippen LogP contribution in [0.3, 0.4) is 0 Å². The lowest BCUT2D eigenvalue weighted by molar-refractivity contribution is -0.115. The van der Waals surface area contributed by atoms with Crippen molar-refractivity contribution in [2.24, 2.45) is 4.99 Å². The second-order valence-corrected chi connectivity index (χ2v) is 9.08. The maximum atomic E-state index is 11.9. The molecular formula is C13H12Cl2N2O3S2. The van der Waals surface area contributed by atoms with Gasteiger partial charge in [-0.25, -0.2) is 8.42 Å². The molecule has 0 aromatic heterocycles. The topological polar surface area (TPSA) is 66.8 Å². The lowest BCUT2D eigenvalue weighted by Gasteiger charge is -2.25. The number of nitrogens with zero attached hydrogens (tertiary/aromatic N) is 2. The highest BCUT2D eigenvalue weighted by Gasteiger charge is 2.49. The van der Waals surface area contributed by atoms with Crippen LogP contribution in [0.1, 0.15) is 0 Å². The quantitative estimate of drug-likeness (QED) is 0.737. The summed E-state index contributed by atoms with van der Waals surface area (Å²) in [5.74, 6) is -0.556. The van der Waals surface area contributed by atoms with Gasteiger partial charge in [0.1, 0.15) is 5.88 Å². The highest BCUT2D eigenvalue weighted by atomic mass is 35.5. The number of amides is 1. The third-order valence-corrected chi connectivity index (χ3v) is 7.27. The van der Waals surface area contributed by atoms with Crippen LogP contribution in [0.15, 0.2) is 29.3 Å². The molecule has 0 N–H and O–H groups in total. The van der Waals surface area contributed by atoms with E-state index in [2.05, 4.69) is 4.99 Å². The van der Waals surface area contributed by atoms with Gasteiger partial charge in [0.2, 0.25) is 0 Å². The van der Waals surface area contributed by atoms with Crippen molar-refractivity contribution in [3.05, 3.63) is 29.3 Å². The first-order chi connectivity index (χ1) is 10.4. The molecule has 2 heterocycles. The molecule has 0 spiro atoms. The average molecular weight is 379 g/mol. The largest absolute Gasteiger partial charge is 0.314 e. The van der Waals surface area contributed by atoms with E-state index in [4.69, 9.17) is 23.2 Å². The van der Waals surface area contributed by atoms with Crippen molar-refractivity contribution in [1.82, 2.24) is 0 Å². The van der Waals surface area contributed by atoms with Crippen LogP contribution < -0.4 is 4.90 Å². The van der Waals surface area contributed by atoms with E-state index in [1.54, 1.807) is 23.1 Å². The van der Waals surface area contributed by atoms with Gasteiger partial charge in [-0.05, 0) is 12.1 Å². The molecule has 22 heavy (non-hydrogen) atoms. The first-order valence-corrected chi connectivity index (χ1v) is 10.1. The van der Waals surface area contributed by atoms with Crippen LogP contribution in [-0.4, -0.2) is 48.2 Å². The average Bonchev–Trinajstić information content (AvgIpc) is 2.91. The minimum atomic E-state index is -3.09. The smallest absolute Gasteiger partial charge is 0.262 e. The number of anilines is 1. The summed E-state index contributed by atoms with van der Waals surface area (Å²) in [6.45, 7) is 0. The molecule has 1 amide bonds. The number of halogens is 2. The standard InChI is InChI=1S/C13H12Cl2N2O3S2/c14-5-12(18)16-13-17(9-4-2-1-3-8(9)15)10-6-22(19,20)7-11(10)21-13/h1-4,10-11H,5-7H2. The summed E-state index contributed by atoms with van der Waals surface area (Å²) in [7, 11) is -3.09. The van der Waals surface area contributed by atoms with Gasteiger partial charge in [-0.2, -0.15) is 4.99 Å². The summed E-state index contributed by atoms with van der Waals surface area (Å²) in [4.78, 5) is 17.3. The highest BCUT2D eigenvalue weighted by Crippen LogP contribution is 2.42. The molecule has 5 nitrogen and oxygen atoms in total. The fourth-order valence-electron chi connectivity index (χ4n) is 2.63. The number of alkyl halides is 1. The van der Waals surface area contributed by atoms with Crippen LogP contribution in [0, 0.1) is 0 Å². The lowest BCUT2D eigenvalue weighted by Crippen LogP contribution is -2.38. The molecule has 2 aliphatic rings. The Morgan fingerprint density at radius 2 is 2.09 bits per heavy atom. The normalized spacial score (nSPS) is 28.1. The number of sulfone groups is 1. The Hall–Kier alpha value is -0.760. The lowest BCUT2D eigenvalue weighted by atomic mass is 10.2. The van der Waals surface area contributed by atoms with Crippen LogP contribution >= 0.6 is 35.0 Å². The predicted octanol–water partition coefficient (Wildman–Crippen LogP) is 2.18. The fourth-order valence-corrected chi connectivity index (χ4v) is 6.84. The third kappa shape index (κ3) is 2.99. The van der Waals surface area contributed by atoms with E-state index in [0.717, 1.165) is 0 Å². The molecule has 2 unspecified atom stereocenters. The summed E-state index contributed by atoms with van der Waals surface area (Å²) in [5, 5.41) is 0.797. The van der Waals surface area contributed by atoms with Crippen LogP contribution in [0.2, 0.25) is 5.02 Å². The Labute approximate surface area is 142 Å². The van der Waals surface area contributed by atoms with Crippen LogP contribution in [0.25, 0.3) is 0 Å². The maximum Gasteiger partial charge on any atom is 0.262 e. The molecule has 3 rings (SSSR count). The third-order valence-electron chi connectivity index (χ3n) is 3.51. The summed E-state index contributed by atoms with van der Waals surface area (Å²) >= 11 is 13.0. The van der Waals surface area contributed by atoms with Gasteiger partial charge < -0.3 is 4.90 Å². The van der Waals surface area contributed by atoms with Gasteiger partial charge >= 0.3 is 0 Å². The number of benzene rings is 1. The van der Waals surface area contributed by atoms with E-state index in [1.165, 1.54) is 11.8 Å². The molecule has 0 saturated carbocycles. The van der Waals surface area contributed by atoms with Gasteiger partial charge in [0.05, 0.1) is 28.3 Å². The number of rotatable bonds is 2. The predicted molar refractivity (Wildman–Crippen MR) is 90.9 cm³/mol. The number of carbonyl (C=O) groups excluding carboxylic acids is 1. The Bertz CT molecular complexity index is 751. The van der Waals surface area contributed by atoms with E-state index in [-0.39, 0.29) is 28.7 Å². The maximum absolute atomic E-state index is 11.9.